The second-order valence-electron chi connectivity index (χ2n) is 4.19. The molecule has 0 unspecified atom stereocenters. The van der Waals surface area contributed by atoms with Crippen molar-refractivity contribution in [1.29, 1.82) is 0 Å². The number of nitrogens with one attached hydrogen (secondary N) is 1. The lowest BCUT2D eigenvalue weighted by molar-refractivity contribution is -0.384. The summed E-state index contributed by atoms with van der Waals surface area (Å²) in [5.74, 6) is 1.39. The molecule has 0 saturated carbocycles. The minimum atomic E-state index is -0.462. The fourth-order valence-corrected chi connectivity index (χ4v) is 1.84. The maximum atomic E-state index is 10.6. The Morgan fingerprint density at radius 3 is 2.76 bits per heavy atom. The van der Waals surface area contributed by atoms with Crippen LogP contribution in [0.5, 0.6) is 11.6 Å². The Morgan fingerprint density at radius 2 is 2.10 bits per heavy atom. The number of ether oxygens (including phenoxy) is 1. The molecule has 1 aromatic carbocycles. The van der Waals surface area contributed by atoms with Crippen LogP contribution in [0, 0.1) is 10.1 Å². The minimum absolute atomic E-state index is 0.00485. The highest BCUT2D eigenvalue weighted by atomic mass is 16.6. The van der Waals surface area contributed by atoms with E-state index in [0.29, 0.717) is 23.1 Å². The predicted octanol–water partition coefficient (Wildman–Crippen LogP) is 2.47. The molecule has 2 heterocycles. The van der Waals surface area contributed by atoms with Crippen LogP contribution in [0.2, 0.25) is 0 Å². The summed E-state index contributed by atoms with van der Waals surface area (Å²) in [6, 6.07) is 5.79. The number of hydrogen-bond acceptors (Lipinski definition) is 6. The number of non-ortho nitro benzene ring substituents is 1. The number of nitro groups is 1. The normalized spacial score (nSPS) is 10.5. The Labute approximate surface area is 119 Å². The molecule has 0 aliphatic carbocycles. The third-order valence-electron chi connectivity index (χ3n) is 2.86. The summed E-state index contributed by atoms with van der Waals surface area (Å²) >= 11 is 0. The summed E-state index contributed by atoms with van der Waals surface area (Å²) in [4.78, 5) is 18.6. The second-order valence-corrected chi connectivity index (χ2v) is 4.19. The highest BCUT2D eigenvalue weighted by molar-refractivity contribution is 5.55. The Morgan fingerprint density at radius 1 is 1.33 bits per heavy atom. The summed E-state index contributed by atoms with van der Waals surface area (Å²) in [5.41, 5.74) is 0.567. The molecule has 0 saturated heterocycles. The molecule has 0 radical (unpaired) electrons. The van der Waals surface area contributed by atoms with E-state index in [9.17, 15) is 10.1 Å². The van der Waals surface area contributed by atoms with Gasteiger partial charge < -0.3 is 10.1 Å². The molecule has 0 fully saturated rings. The van der Waals surface area contributed by atoms with Crippen LogP contribution < -0.4 is 10.1 Å². The number of benzene rings is 1. The molecule has 106 valence electrons. The van der Waals surface area contributed by atoms with Crippen LogP contribution in [-0.2, 0) is 0 Å². The molecule has 1 N–H and O–H groups in total. The van der Waals surface area contributed by atoms with Crippen molar-refractivity contribution >= 4 is 17.2 Å². The Kier molecular flexibility index (Phi) is 3.11. The molecule has 2 aromatic heterocycles. The lowest BCUT2D eigenvalue weighted by Crippen LogP contribution is -1.99. The molecule has 0 aliphatic heterocycles. The molecular weight excluding hydrogens is 274 g/mol. The van der Waals surface area contributed by atoms with Gasteiger partial charge in [-0.25, -0.2) is 4.98 Å². The summed E-state index contributed by atoms with van der Waals surface area (Å²) in [7, 11) is 1.75. The Bertz CT molecular complexity index is 797. The second kappa shape index (κ2) is 5.08. The van der Waals surface area contributed by atoms with Gasteiger partial charge in [-0.3, -0.25) is 14.5 Å². The zero-order valence-electron chi connectivity index (χ0n) is 11.1. The zero-order chi connectivity index (χ0) is 14.8. The van der Waals surface area contributed by atoms with E-state index in [4.69, 9.17) is 4.74 Å². The monoisotopic (exact) mass is 285 g/mol. The minimum Gasteiger partial charge on any atom is -0.436 e. The predicted molar refractivity (Wildman–Crippen MR) is 75.7 cm³/mol. The van der Waals surface area contributed by atoms with Crippen molar-refractivity contribution in [2.24, 2.45) is 0 Å². The Hall–Kier alpha value is -3.16. The molecule has 0 atom stereocenters. The van der Waals surface area contributed by atoms with Crippen molar-refractivity contribution in [2.45, 2.75) is 0 Å². The first-order valence-corrected chi connectivity index (χ1v) is 6.11. The van der Waals surface area contributed by atoms with Gasteiger partial charge in [-0.15, -0.1) is 0 Å². The number of fused-ring (bicyclic) bond motifs is 1. The Balaban J connectivity index is 1.97. The maximum absolute atomic E-state index is 10.6. The summed E-state index contributed by atoms with van der Waals surface area (Å²) in [6.07, 6.45) is 5.20. The standard InChI is InChI=1S/C13H11N5O3/c1-14-11-8-17-7-6-15-12(17)13(16-11)21-10-4-2-9(3-5-10)18(19)20/h2-8,14H,1H3. The van der Waals surface area contributed by atoms with Crippen molar-refractivity contribution in [2.75, 3.05) is 12.4 Å². The number of anilines is 1. The third-order valence-corrected chi connectivity index (χ3v) is 2.86. The first-order valence-electron chi connectivity index (χ1n) is 6.11. The molecule has 3 rings (SSSR count). The number of nitrogens with zero attached hydrogens (tertiary/aromatic N) is 4. The van der Waals surface area contributed by atoms with Crippen LogP contribution >= 0.6 is 0 Å². The van der Waals surface area contributed by atoms with Crippen molar-refractivity contribution in [3.63, 3.8) is 0 Å². The summed E-state index contributed by atoms with van der Waals surface area (Å²) in [5, 5.41) is 13.6. The number of rotatable bonds is 4. The first-order chi connectivity index (χ1) is 10.2. The molecule has 0 aliphatic rings. The average molecular weight is 285 g/mol. The summed E-state index contributed by atoms with van der Waals surface area (Å²) in [6.45, 7) is 0. The maximum Gasteiger partial charge on any atom is 0.269 e. The quantitative estimate of drug-likeness (QED) is 0.584. The molecule has 0 bridgehead atoms. The van der Waals surface area contributed by atoms with E-state index in [2.05, 4.69) is 15.3 Å². The largest absolute Gasteiger partial charge is 0.436 e. The van der Waals surface area contributed by atoms with Crippen molar-refractivity contribution < 1.29 is 9.66 Å². The fourth-order valence-electron chi connectivity index (χ4n) is 1.84. The highest BCUT2D eigenvalue weighted by Crippen LogP contribution is 2.26. The number of imidazole rings is 1. The van der Waals surface area contributed by atoms with Crippen LogP contribution in [0.3, 0.4) is 0 Å². The van der Waals surface area contributed by atoms with Crippen LogP contribution in [0.4, 0.5) is 11.5 Å². The van der Waals surface area contributed by atoms with Crippen molar-refractivity contribution in [1.82, 2.24) is 14.4 Å². The molecular formula is C13H11N5O3. The van der Waals surface area contributed by atoms with Gasteiger partial charge in [-0.2, -0.15) is 4.98 Å². The van der Waals surface area contributed by atoms with E-state index < -0.39 is 4.92 Å². The SMILES string of the molecule is CNc1cn2ccnc2c(Oc2ccc([N+](=O)[O-])cc2)n1. The van der Waals surface area contributed by atoms with Gasteiger partial charge in [0, 0.05) is 31.6 Å². The van der Waals surface area contributed by atoms with Gasteiger partial charge in [0.25, 0.3) is 11.6 Å². The molecule has 3 aromatic rings. The van der Waals surface area contributed by atoms with E-state index in [-0.39, 0.29) is 5.69 Å². The van der Waals surface area contributed by atoms with Crippen LogP contribution in [0.25, 0.3) is 5.65 Å². The average Bonchev–Trinajstić information content (AvgIpc) is 2.96. The number of aromatic nitrogens is 3. The molecule has 21 heavy (non-hydrogen) atoms. The molecule has 8 nitrogen and oxygen atoms in total. The van der Waals surface area contributed by atoms with Crippen molar-refractivity contribution in [3.05, 3.63) is 53.0 Å². The van der Waals surface area contributed by atoms with Crippen LogP contribution in [0.15, 0.2) is 42.9 Å². The van der Waals surface area contributed by atoms with Crippen molar-refractivity contribution in [3.8, 4) is 11.6 Å². The van der Waals surface area contributed by atoms with Gasteiger partial charge in [-0.05, 0) is 12.1 Å². The van der Waals surface area contributed by atoms with Crippen LogP contribution in [-0.4, -0.2) is 26.3 Å². The van der Waals surface area contributed by atoms with E-state index in [1.807, 2.05) is 0 Å². The topological polar surface area (TPSA) is 94.6 Å². The van der Waals surface area contributed by atoms with E-state index >= 15 is 0 Å². The van der Waals surface area contributed by atoms with Gasteiger partial charge in [0.1, 0.15) is 11.6 Å². The molecule has 0 spiro atoms. The third kappa shape index (κ3) is 2.46. The highest BCUT2D eigenvalue weighted by Gasteiger charge is 2.11. The summed E-state index contributed by atoms with van der Waals surface area (Å²) < 4.78 is 7.45. The lowest BCUT2D eigenvalue weighted by atomic mass is 10.3. The lowest BCUT2D eigenvalue weighted by Gasteiger charge is -2.08. The van der Waals surface area contributed by atoms with E-state index in [1.165, 1.54) is 24.3 Å². The molecule has 0 amide bonds. The van der Waals surface area contributed by atoms with Gasteiger partial charge in [0.05, 0.1) is 11.1 Å². The van der Waals surface area contributed by atoms with Gasteiger partial charge in [0.15, 0.2) is 0 Å². The first kappa shape index (κ1) is 12.9. The van der Waals surface area contributed by atoms with E-state index in [1.54, 1.807) is 30.0 Å². The number of hydrogen-bond donors (Lipinski definition) is 1. The smallest absolute Gasteiger partial charge is 0.269 e. The number of nitro benzene ring substituents is 1. The van der Waals surface area contributed by atoms with Gasteiger partial charge >= 0.3 is 0 Å². The fraction of sp³-hybridized carbons (Fsp3) is 0.0769. The van der Waals surface area contributed by atoms with E-state index in [0.717, 1.165) is 0 Å². The van der Waals surface area contributed by atoms with Gasteiger partial charge in [-0.1, -0.05) is 0 Å². The van der Waals surface area contributed by atoms with Crippen LogP contribution in [0.1, 0.15) is 0 Å². The molecule has 8 heteroatoms. The van der Waals surface area contributed by atoms with Gasteiger partial charge in [0.2, 0.25) is 5.65 Å². The zero-order valence-corrected chi connectivity index (χ0v) is 11.1.